The zero-order valence-corrected chi connectivity index (χ0v) is 29.3. The van der Waals surface area contributed by atoms with Crippen molar-refractivity contribution in [1.29, 1.82) is 0 Å². The average Bonchev–Trinajstić information content (AvgIpc) is 3.71. The molecule has 1 fully saturated rings. The molecule has 254 valence electrons. The first-order valence-electron chi connectivity index (χ1n) is 16.3. The summed E-state index contributed by atoms with van der Waals surface area (Å²) >= 11 is 3.92. The number of oxime groups is 1. The predicted molar refractivity (Wildman–Crippen MR) is 196 cm³/mol. The fourth-order valence-electron chi connectivity index (χ4n) is 5.22. The first-order chi connectivity index (χ1) is 22.3. The first kappa shape index (κ1) is 40.6. The van der Waals surface area contributed by atoms with Gasteiger partial charge in [0.1, 0.15) is 17.8 Å². The third kappa shape index (κ3) is 12.7. The maximum Gasteiger partial charge on any atom is 0.236 e. The van der Waals surface area contributed by atoms with Crippen molar-refractivity contribution in [2.24, 2.45) is 27.5 Å². The van der Waals surface area contributed by atoms with E-state index in [1.807, 2.05) is 55.6 Å². The number of benzene rings is 2. The summed E-state index contributed by atoms with van der Waals surface area (Å²) in [5.41, 5.74) is 15.9. The van der Waals surface area contributed by atoms with Crippen LogP contribution in [0.2, 0.25) is 0 Å². The molecule has 46 heavy (non-hydrogen) atoms. The highest BCUT2D eigenvalue weighted by atomic mass is 32.1. The SMILES string of the molecule is CCCCC/C=C\[C@H](C)C(NC)C(N)=NC.CCCS.NCC(=O)N1CCCC1C=O.ON=C1c2ccccc2-c2ccccc21. The zero-order chi connectivity index (χ0) is 34.3. The summed E-state index contributed by atoms with van der Waals surface area (Å²) in [4.78, 5) is 27.0. The van der Waals surface area contributed by atoms with Gasteiger partial charge in [0.25, 0.3) is 0 Å². The van der Waals surface area contributed by atoms with Crippen LogP contribution in [0.1, 0.15) is 76.8 Å². The molecule has 2 aromatic rings. The molecule has 0 radical (unpaired) electrons. The number of hydrogen-bond acceptors (Lipinski definition) is 8. The minimum Gasteiger partial charge on any atom is -0.410 e. The Bertz CT molecular complexity index is 1220. The summed E-state index contributed by atoms with van der Waals surface area (Å²) in [6.45, 7) is 7.17. The molecule has 2 aliphatic rings. The molecule has 0 aromatic heterocycles. The van der Waals surface area contributed by atoms with Crippen LogP contribution in [0.5, 0.6) is 0 Å². The summed E-state index contributed by atoms with van der Waals surface area (Å²) in [7, 11) is 3.65. The van der Waals surface area contributed by atoms with Gasteiger partial charge in [-0.15, -0.1) is 0 Å². The van der Waals surface area contributed by atoms with Crippen molar-refractivity contribution in [2.75, 3.05) is 32.9 Å². The smallest absolute Gasteiger partial charge is 0.236 e. The highest BCUT2D eigenvalue weighted by Gasteiger charge is 2.27. The number of likely N-dealkylation sites (N-methyl/N-ethyl adjacent to an activating group) is 1. The fourth-order valence-corrected chi connectivity index (χ4v) is 5.22. The largest absolute Gasteiger partial charge is 0.410 e. The van der Waals surface area contributed by atoms with Gasteiger partial charge in [-0.25, -0.2) is 0 Å². The number of aldehydes is 1. The summed E-state index contributed by atoms with van der Waals surface area (Å²) in [6, 6.07) is 15.9. The van der Waals surface area contributed by atoms with Crippen molar-refractivity contribution in [3.8, 4) is 11.1 Å². The Kier molecular flexibility index (Phi) is 21.0. The molecule has 0 bridgehead atoms. The van der Waals surface area contributed by atoms with E-state index in [0.717, 1.165) is 53.6 Å². The Labute approximate surface area is 282 Å². The number of amides is 1. The second-order valence-electron chi connectivity index (χ2n) is 11.1. The monoisotopic (exact) mass is 652 g/mol. The molecule has 2 aromatic carbocycles. The van der Waals surface area contributed by atoms with Crippen molar-refractivity contribution in [3.05, 3.63) is 71.8 Å². The third-order valence-electron chi connectivity index (χ3n) is 7.76. The predicted octanol–water partition coefficient (Wildman–Crippen LogP) is 5.69. The highest BCUT2D eigenvalue weighted by Crippen LogP contribution is 2.36. The van der Waals surface area contributed by atoms with Crippen LogP contribution >= 0.6 is 12.6 Å². The lowest BCUT2D eigenvalue weighted by molar-refractivity contribution is -0.133. The summed E-state index contributed by atoms with van der Waals surface area (Å²) in [6.07, 6.45) is 13.2. The number of nitrogens with two attached hydrogens (primary N) is 2. The zero-order valence-electron chi connectivity index (χ0n) is 28.4. The molecular weight excluding hydrogens is 597 g/mol. The van der Waals surface area contributed by atoms with Crippen LogP contribution in [-0.4, -0.2) is 78.9 Å². The normalized spacial score (nSPS) is 16.1. The second kappa shape index (κ2) is 23.8. The van der Waals surface area contributed by atoms with E-state index in [0.29, 0.717) is 24.0 Å². The number of thiol groups is 1. The Morgan fingerprint density at radius 2 is 1.65 bits per heavy atom. The molecule has 9 nitrogen and oxygen atoms in total. The lowest BCUT2D eigenvalue weighted by Gasteiger charge is -2.20. The van der Waals surface area contributed by atoms with Crippen LogP contribution in [0.3, 0.4) is 0 Å². The minimum absolute atomic E-state index is 0.00431. The number of unbranched alkanes of at least 4 members (excludes halogenated alkanes) is 3. The van der Waals surface area contributed by atoms with E-state index in [1.165, 1.54) is 25.7 Å². The molecule has 1 amide bonds. The van der Waals surface area contributed by atoms with Gasteiger partial charge in [0, 0.05) is 24.7 Å². The molecule has 6 N–H and O–H groups in total. The van der Waals surface area contributed by atoms with Crippen molar-refractivity contribution < 1.29 is 14.8 Å². The van der Waals surface area contributed by atoms with Crippen molar-refractivity contribution in [2.45, 2.75) is 77.8 Å². The van der Waals surface area contributed by atoms with Gasteiger partial charge in [-0.05, 0) is 61.9 Å². The maximum atomic E-state index is 11.0. The molecule has 1 aliphatic carbocycles. The Morgan fingerprint density at radius 1 is 1.09 bits per heavy atom. The minimum atomic E-state index is -0.217. The van der Waals surface area contributed by atoms with E-state index in [-0.39, 0.29) is 24.5 Å². The van der Waals surface area contributed by atoms with Crippen LogP contribution in [-0.2, 0) is 9.59 Å². The van der Waals surface area contributed by atoms with Crippen molar-refractivity contribution >= 4 is 36.4 Å². The number of fused-ring (bicyclic) bond motifs is 3. The number of nitrogens with one attached hydrogen (secondary N) is 1. The van der Waals surface area contributed by atoms with Crippen molar-refractivity contribution in [3.63, 3.8) is 0 Å². The first-order valence-corrected chi connectivity index (χ1v) is 17.0. The van der Waals surface area contributed by atoms with E-state index in [2.05, 4.69) is 61.0 Å². The number of aliphatic imine (C=N–C) groups is 1. The molecule has 2 unspecified atom stereocenters. The van der Waals surface area contributed by atoms with E-state index >= 15 is 0 Å². The molecule has 10 heteroatoms. The molecule has 1 heterocycles. The Hall–Kier alpha value is -3.47. The van der Waals surface area contributed by atoms with Crippen molar-refractivity contribution in [1.82, 2.24) is 10.2 Å². The van der Waals surface area contributed by atoms with Gasteiger partial charge < -0.3 is 31.7 Å². The Balaban J connectivity index is 0.000000330. The van der Waals surface area contributed by atoms with E-state index in [4.69, 9.17) is 16.7 Å². The number of allylic oxidation sites excluding steroid dienone is 1. The summed E-state index contributed by atoms with van der Waals surface area (Å²) < 4.78 is 0. The van der Waals surface area contributed by atoms with Gasteiger partial charge in [-0.3, -0.25) is 9.79 Å². The van der Waals surface area contributed by atoms with Gasteiger partial charge in [0.05, 0.1) is 18.6 Å². The number of hydrogen-bond donors (Lipinski definition) is 5. The number of carbonyl (C=O) groups excluding carboxylic acids is 2. The average molecular weight is 653 g/mol. The lowest BCUT2D eigenvalue weighted by Crippen LogP contribution is -2.43. The molecular formula is C36H56N6O3S. The Morgan fingerprint density at radius 3 is 2.09 bits per heavy atom. The van der Waals surface area contributed by atoms with Gasteiger partial charge in [-0.1, -0.05) is 99.5 Å². The molecule has 3 atom stereocenters. The van der Waals surface area contributed by atoms with Crippen LogP contribution in [0.15, 0.2) is 70.8 Å². The van der Waals surface area contributed by atoms with Gasteiger partial charge in [-0.2, -0.15) is 12.6 Å². The van der Waals surface area contributed by atoms with E-state index in [9.17, 15) is 9.59 Å². The molecule has 1 aliphatic heterocycles. The quantitative estimate of drug-likeness (QED) is 0.0263. The second-order valence-corrected chi connectivity index (χ2v) is 11.5. The summed E-state index contributed by atoms with van der Waals surface area (Å²) in [5, 5.41) is 15.6. The fraction of sp³-hybridized carbons (Fsp3) is 0.500. The van der Waals surface area contributed by atoms with Gasteiger partial charge in [0.15, 0.2) is 0 Å². The molecule has 0 saturated carbocycles. The number of carbonyl (C=O) groups is 2. The number of amidine groups is 1. The number of nitrogens with zero attached hydrogens (tertiary/aromatic N) is 3. The number of rotatable bonds is 11. The standard InChI is InChI=1S/C13H27N3.C13H9NO.C7H12N2O2.C3H8S/c1-5-6-7-8-9-10-11(2)12(15-3)13(14)16-4;15-14-13-11-7-3-1-5-9(11)10-6-2-4-8-12(10)13;8-4-7(11)9-3-1-2-6(9)5-10;1-2-3-4/h9-12,15H,5-8H2,1-4H3,(H2,14,16);1-8,15H;5-6H,1-4,8H2;4H,2-3H2,1H3/b10-9-;;;/t11-,12?;;;/m0.../s1. The summed E-state index contributed by atoms with van der Waals surface area (Å²) in [5.74, 6) is 1.95. The molecule has 0 spiro atoms. The van der Waals surface area contributed by atoms with E-state index in [1.54, 1.807) is 11.9 Å². The lowest BCUT2D eigenvalue weighted by atomic mass is 10.00. The molecule has 4 rings (SSSR count). The van der Waals surface area contributed by atoms with Crippen LogP contribution in [0, 0.1) is 5.92 Å². The van der Waals surface area contributed by atoms with Gasteiger partial charge in [0.2, 0.25) is 5.91 Å². The van der Waals surface area contributed by atoms with Crippen LogP contribution in [0.25, 0.3) is 11.1 Å². The van der Waals surface area contributed by atoms with Gasteiger partial charge >= 0.3 is 0 Å². The van der Waals surface area contributed by atoms with Crippen LogP contribution < -0.4 is 16.8 Å². The van der Waals surface area contributed by atoms with E-state index < -0.39 is 0 Å². The molecule has 1 saturated heterocycles. The topological polar surface area (TPSA) is 146 Å². The number of likely N-dealkylation sites (tertiary alicyclic amines) is 1. The third-order valence-corrected chi connectivity index (χ3v) is 8.20. The highest BCUT2D eigenvalue weighted by molar-refractivity contribution is 7.80. The maximum absolute atomic E-state index is 11.0. The van der Waals surface area contributed by atoms with Crippen LogP contribution in [0.4, 0.5) is 0 Å².